The Morgan fingerprint density at radius 3 is 2.00 bits per heavy atom. The van der Waals surface area contributed by atoms with E-state index in [0.717, 1.165) is 11.1 Å². The van der Waals surface area contributed by atoms with Crippen molar-refractivity contribution in [3.63, 3.8) is 0 Å². The number of carbonyl (C=O) groups excluding carboxylic acids is 1. The van der Waals surface area contributed by atoms with Gasteiger partial charge in [0.25, 0.3) is 0 Å². The lowest BCUT2D eigenvalue weighted by Crippen LogP contribution is -2.38. The minimum absolute atomic E-state index is 0.00228. The Hall–Kier alpha value is -2.39. The highest BCUT2D eigenvalue weighted by atomic mass is 16.2. The van der Waals surface area contributed by atoms with E-state index in [1.165, 1.54) is 0 Å². The molecule has 23 heavy (non-hydrogen) atoms. The van der Waals surface area contributed by atoms with Crippen molar-refractivity contribution in [2.24, 2.45) is 0 Å². The molecule has 2 atom stereocenters. The molecule has 0 spiro atoms. The second-order valence-electron chi connectivity index (χ2n) is 5.48. The highest BCUT2D eigenvalue weighted by molar-refractivity contribution is 5.87. The Morgan fingerprint density at radius 1 is 1.00 bits per heavy atom. The molecule has 0 heterocycles. The monoisotopic (exact) mass is 308 g/mol. The Kier molecular flexibility index (Phi) is 6.12. The summed E-state index contributed by atoms with van der Waals surface area (Å²) in [7, 11) is 3.79. The maximum absolute atomic E-state index is 12.4. The van der Waals surface area contributed by atoms with Crippen LogP contribution < -0.4 is 5.32 Å². The number of hydrogen-bond acceptors (Lipinski definition) is 2. The van der Waals surface area contributed by atoms with Crippen LogP contribution in [-0.2, 0) is 4.79 Å². The summed E-state index contributed by atoms with van der Waals surface area (Å²) < 4.78 is 0. The van der Waals surface area contributed by atoms with Crippen molar-refractivity contribution in [2.45, 2.75) is 19.0 Å². The van der Waals surface area contributed by atoms with Gasteiger partial charge in [-0.25, -0.2) is 0 Å². The van der Waals surface area contributed by atoms with Crippen LogP contribution in [-0.4, -0.2) is 24.9 Å². The zero-order valence-electron chi connectivity index (χ0n) is 13.9. The normalized spacial score (nSPS) is 13.7. The average molecular weight is 308 g/mol. The summed E-state index contributed by atoms with van der Waals surface area (Å²) >= 11 is 0. The lowest BCUT2D eigenvalue weighted by Gasteiger charge is -2.35. The highest BCUT2D eigenvalue weighted by Gasteiger charge is 2.29. The van der Waals surface area contributed by atoms with Crippen LogP contribution in [0, 0.1) is 0 Å². The topological polar surface area (TPSA) is 32.3 Å². The SMILES string of the molecule is C/C=C/C(=O)N(C)[C@H](c1ccccc1)[C@@H](NC)c1ccccc1. The number of rotatable bonds is 6. The average Bonchev–Trinajstić information content (AvgIpc) is 2.60. The minimum atomic E-state index is -0.0905. The van der Waals surface area contributed by atoms with Gasteiger partial charge < -0.3 is 10.2 Å². The molecule has 2 aromatic carbocycles. The van der Waals surface area contributed by atoms with Crippen molar-refractivity contribution in [3.05, 3.63) is 83.9 Å². The van der Waals surface area contributed by atoms with Gasteiger partial charge in [0.15, 0.2) is 0 Å². The first-order chi connectivity index (χ1) is 11.2. The fourth-order valence-corrected chi connectivity index (χ4v) is 2.85. The number of nitrogens with zero attached hydrogens (tertiary/aromatic N) is 1. The number of likely N-dealkylation sites (N-methyl/N-ethyl adjacent to an activating group) is 2. The van der Waals surface area contributed by atoms with E-state index >= 15 is 0 Å². The van der Waals surface area contributed by atoms with Crippen LogP contribution in [0.5, 0.6) is 0 Å². The van der Waals surface area contributed by atoms with Gasteiger partial charge in [0.1, 0.15) is 0 Å². The first kappa shape index (κ1) is 17.0. The zero-order chi connectivity index (χ0) is 16.7. The first-order valence-electron chi connectivity index (χ1n) is 7.85. The van der Waals surface area contributed by atoms with Gasteiger partial charge in [-0.2, -0.15) is 0 Å². The van der Waals surface area contributed by atoms with Gasteiger partial charge in [-0.3, -0.25) is 4.79 Å². The van der Waals surface area contributed by atoms with Gasteiger partial charge >= 0.3 is 0 Å². The summed E-state index contributed by atoms with van der Waals surface area (Å²) in [5.74, 6) is -0.00228. The maximum atomic E-state index is 12.4. The van der Waals surface area contributed by atoms with Gasteiger partial charge in [-0.05, 0) is 31.2 Å². The standard InChI is InChI=1S/C20H24N2O/c1-4-11-18(23)22(3)20(17-14-9-6-10-15-17)19(21-2)16-12-7-5-8-13-16/h4-15,19-21H,1-3H3/b11-4+/t19-,20+/m0/s1. The minimum Gasteiger partial charge on any atom is -0.333 e. The second kappa shape index (κ2) is 8.30. The van der Waals surface area contributed by atoms with E-state index < -0.39 is 0 Å². The summed E-state index contributed by atoms with van der Waals surface area (Å²) in [6, 6.07) is 20.3. The lowest BCUT2D eigenvalue weighted by molar-refractivity contribution is -0.127. The predicted octanol–water partition coefficient (Wildman–Crippen LogP) is 3.72. The molecule has 120 valence electrons. The molecule has 0 fully saturated rings. The molecule has 0 saturated carbocycles. The third kappa shape index (κ3) is 4.08. The molecule has 3 nitrogen and oxygen atoms in total. The smallest absolute Gasteiger partial charge is 0.246 e. The van der Waals surface area contributed by atoms with Gasteiger partial charge in [0.2, 0.25) is 5.91 Å². The molecule has 2 rings (SSSR count). The van der Waals surface area contributed by atoms with E-state index in [0.29, 0.717) is 0 Å². The Balaban J connectivity index is 2.46. The van der Waals surface area contributed by atoms with Crippen LogP contribution in [0.25, 0.3) is 0 Å². The number of carbonyl (C=O) groups is 1. The molecule has 0 radical (unpaired) electrons. The maximum Gasteiger partial charge on any atom is 0.246 e. The largest absolute Gasteiger partial charge is 0.333 e. The Labute approximate surface area is 138 Å². The summed E-state index contributed by atoms with van der Waals surface area (Å²) in [5.41, 5.74) is 2.26. The van der Waals surface area contributed by atoms with E-state index in [1.54, 1.807) is 17.1 Å². The van der Waals surface area contributed by atoms with E-state index in [2.05, 4.69) is 29.6 Å². The van der Waals surface area contributed by atoms with E-state index in [4.69, 9.17) is 0 Å². The lowest BCUT2D eigenvalue weighted by atomic mass is 9.92. The van der Waals surface area contributed by atoms with Gasteiger partial charge in [0, 0.05) is 7.05 Å². The van der Waals surface area contributed by atoms with Gasteiger partial charge in [-0.1, -0.05) is 66.7 Å². The van der Waals surface area contributed by atoms with Crippen molar-refractivity contribution >= 4 is 5.91 Å². The summed E-state index contributed by atoms with van der Waals surface area (Å²) in [4.78, 5) is 14.2. The summed E-state index contributed by atoms with van der Waals surface area (Å²) in [5, 5.41) is 3.38. The van der Waals surface area contributed by atoms with Crippen molar-refractivity contribution in [3.8, 4) is 0 Å². The molecule has 0 aliphatic carbocycles. The molecular formula is C20H24N2O. The third-order valence-electron chi connectivity index (χ3n) is 4.00. The molecule has 0 saturated heterocycles. The van der Waals surface area contributed by atoms with Crippen LogP contribution in [0.1, 0.15) is 30.1 Å². The molecule has 0 bridgehead atoms. The van der Waals surface area contributed by atoms with Crippen LogP contribution in [0.4, 0.5) is 0 Å². The number of hydrogen-bond donors (Lipinski definition) is 1. The van der Waals surface area contributed by atoms with Crippen LogP contribution in [0.15, 0.2) is 72.8 Å². The molecule has 1 amide bonds. The molecule has 3 heteroatoms. The summed E-state index contributed by atoms with van der Waals surface area (Å²) in [6.45, 7) is 1.86. The second-order valence-corrected chi connectivity index (χ2v) is 5.48. The predicted molar refractivity (Wildman–Crippen MR) is 95.0 cm³/mol. The fraction of sp³-hybridized carbons (Fsp3) is 0.250. The fourth-order valence-electron chi connectivity index (χ4n) is 2.85. The van der Waals surface area contributed by atoms with Crippen LogP contribution >= 0.6 is 0 Å². The molecule has 0 aromatic heterocycles. The third-order valence-corrected chi connectivity index (χ3v) is 4.00. The van der Waals surface area contributed by atoms with E-state index in [9.17, 15) is 4.79 Å². The van der Waals surface area contributed by atoms with Gasteiger partial charge in [-0.15, -0.1) is 0 Å². The Morgan fingerprint density at radius 2 is 1.52 bits per heavy atom. The van der Waals surface area contributed by atoms with Crippen LogP contribution in [0.3, 0.4) is 0 Å². The molecule has 2 aromatic rings. The molecular weight excluding hydrogens is 284 g/mol. The number of amides is 1. The highest BCUT2D eigenvalue weighted by Crippen LogP contribution is 2.33. The molecule has 0 unspecified atom stereocenters. The van der Waals surface area contributed by atoms with Crippen molar-refractivity contribution in [1.29, 1.82) is 0 Å². The van der Waals surface area contributed by atoms with Gasteiger partial charge in [0.05, 0.1) is 12.1 Å². The van der Waals surface area contributed by atoms with Crippen molar-refractivity contribution < 1.29 is 4.79 Å². The number of nitrogens with one attached hydrogen (secondary N) is 1. The molecule has 0 aliphatic heterocycles. The Bertz CT molecular complexity index is 637. The molecule has 0 aliphatic rings. The van der Waals surface area contributed by atoms with E-state index in [1.807, 2.05) is 57.4 Å². The number of allylic oxidation sites excluding steroid dienone is 1. The first-order valence-corrected chi connectivity index (χ1v) is 7.85. The summed E-state index contributed by atoms with van der Waals surface area (Å²) in [6.07, 6.45) is 3.38. The molecule has 1 N–H and O–H groups in total. The van der Waals surface area contributed by atoms with Crippen molar-refractivity contribution in [2.75, 3.05) is 14.1 Å². The van der Waals surface area contributed by atoms with Crippen LogP contribution in [0.2, 0.25) is 0 Å². The van der Waals surface area contributed by atoms with E-state index in [-0.39, 0.29) is 18.0 Å². The quantitative estimate of drug-likeness (QED) is 0.825. The number of benzene rings is 2. The van der Waals surface area contributed by atoms with Crippen molar-refractivity contribution in [1.82, 2.24) is 10.2 Å². The zero-order valence-corrected chi connectivity index (χ0v) is 13.9.